The van der Waals surface area contributed by atoms with E-state index in [0.717, 1.165) is 0 Å². The molecule has 0 saturated heterocycles. The molecule has 0 fully saturated rings. The van der Waals surface area contributed by atoms with Crippen molar-refractivity contribution in [2.45, 2.75) is 12.0 Å². The first-order chi connectivity index (χ1) is 4.37. The fraction of sp³-hybridized carbons (Fsp3) is 1.00. The molecule has 0 radical (unpaired) electrons. The Balaban J connectivity index is 4.28. The Bertz CT molecular complexity index is 98.2. The van der Waals surface area contributed by atoms with Gasteiger partial charge in [0.25, 0.3) is 0 Å². The zero-order valence-electron chi connectivity index (χ0n) is 5.01. The molecule has 0 bridgehead atoms. The van der Waals surface area contributed by atoms with Crippen LogP contribution in [-0.2, 0) is 4.74 Å². The van der Waals surface area contributed by atoms with Gasteiger partial charge in [-0.05, 0) is 0 Å². The Hall–Kier alpha value is -0.390. The van der Waals surface area contributed by atoms with Gasteiger partial charge >= 0.3 is 12.0 Å². The third-order valence-electron chi connectivity index (χ3n) is 0.850. The van der Waals surface area contributed by atoms with Gasteiger partial charge in [0.05, 0.1) is 0 Å². The zero-order chi connectivity index (χ0) is 8.41. The normalized spacial score (nSPS) is 13.8. The highest BCUT2D eigenvalue weighted by atomic mass is 19.3. The zero-order valence-corrected chi connectivity index (χ0v) is 5.01. The lowest BCUT2D eigenvalue weighted by Crippen LogP contribution is -2.43. The molecule has 0 aliphatic heterocycles. The first-order valence-corrected chi connectivity index (χ1v) is 2.24. The number of rotatable bonds is 3. The Morgan fingerprint density at radius 2 is 1.60 bits per heavy atom. The smallest absolute Gasteiger partial charge is 0.319 e. The number of alkyl halides is 5. The quantitative estimate of drug-likeness (QED) is 0.578. The van der Waals surface area contributed by atoms with E-state index in [1.807, 2.05) is 0 Å². The molecule has 0 aromatic carbocycles. The van der Waals surface area contributed by atoms with Crippen LogP contribution < -0.4 is 0 Å². The summed E-state index contributed by atoms with van der Waals surface area (Å²) in [5.74, 6) is -4.73. The van der Waals surface area contributed by atoms with E-state index in [9.17, 15) is 22.0 Å². The molecule has 0 aliphatic rings. The molecular formula is C4H5F5O. The van der Waals surface area contributed by atoms with Crippen molar-refractivity contribution in [2.75, 3.05) is 13.8 Å². The first kappa shape index (κ1) is 9.61. The van der Waals surface area contributed by atoms with Crippen LogP contribution in [0.1, 0.15) is 0 Å². The van der Waals surface area contributed by atoms with Crippen LogP contribution in [-0.4, -0.2) is 25.8 Å². The van der Waals surface area contributed by atoms with E-state index in [0.29, 0.717) is 7.11 Å². The predicted octanol–water partition coefficient (Wildman–Crippen LogP) is 1.83. The summed E-state index contributed by atoms with van der Waals surface area (Å²) in [6.07, 6.45) is -4.72. The van der Waals surface area contributed by atoms with E-state index in [4.69, 9.17) is 0 Å². The number of hydrogen-bond donors (Lipinski definition) is 0. The van der Waals surface area contributed by atoms with Crippen LogP contribution in [0, 0.1) is 0 Å². The second kappa shape index (κ2) is 2.69. The highest BCUT2D eigenvalue weighted by molar-refractivity contribution is 4.74. The molecular weight excluding hydrogens is 159 g/mol. The molecule has 0 amide bonds. The summed E-state index contributed by atoms with van der Waals surface area (Å²) >= 11 is 0. The maximum Gasteiger partial charge on any atom is 0.421 e. The number of ether oxygens (including phenoxy) is 1. The van der Waals surface area contributed by atoms with Gasteiger partial charge in [-0.1, -0.05) is 0 Å². The molecule has 6 heteroatoms. The van der Waals surface area contributed by atoms with Crippen molar-refractivity contribution in [1.82, 2.24) is 0 Å². The summed E-state index contributed by atoms with van der Waals surface area (Å²) in [5.41, 5.74) is 0. The molecule has 0 rings (SSSR count). The maximum atomic E-state index is 11.7. The molecule has 0 atom stereocenters. The minimum atomic E-state index is -4.73. The second-order valence-electron chi connectivity index (χ2n) is 1.56. The molecule has 0 N–H and O–H groups in total. The minimum Gasteiger partial charge on any atom is -0.319 e. The molecule has 0 saturated carbocycles. The van der Waals surface area contributed by atoms with Crippen molar-refractivity contribution in [2.24, 2.45) is 0 Å². The van der Waals surface area contributed by atoms with E-state index in [-0.39, 0.29) is 0 Å². The van der Waals surface area contributed by atoms with Crippen LogP contribution >= 0.6 is 0 Å². The summed E-state index contributed by atoms with van der Waals surface area (Å²) in [5, 5.41) is 0. The molecule has 0 aliphatic carbocycles. The molecule has 0 spiro atoms. The molecule has 1 nitrogen and oxygen atoms in total. The van der Waals surface area contributed by atoms with Crippen molar-refractivity contribution < 1.29 is 26.7 Å². The number of halogens is 5. The van der Waals surface area contributed by atoms with Crippen LogP contribution in [0.5, 0.6) is 0 Å². The number of methoxy groups -OCH3 is 1. The second-order valence-corrected chi connectivity index (χ2v) is 1.56. The minimum absolute atomic E-state index is 0.379. The van der Waals surface area contributed by atoms with Gasteiger partial charge in [0.2, 0.25) is 0 Å². The van der Waals surface area contributed by atoms with Gasteiger partial charge in [-0.3, -0.25) is 0 Å². The summed E-state index contributed by atoms with van der Waals surface area (Å²) in [4.78, 5) is 0. The fourth-order valence-corrected chi connectivity index (χ4v) is 0.227. The van der Waals surface area contributed by atoms with Gasteiger partial charge in [-0.25, -0.2) is 4.39 Å². The maximum absolute atomic E-state index is 11.7. The predicted molar refractivity (Wildman–Crippen MR) is 22.9 cm³/mol. The fourth-order valence-electron chi connectivity index (χ4n) is 0.227. The van der Waals surface area contributed by atoms with E-state index < -0.39 is 18.7 Å². The van der Waals surface area contributed by atoms with Crippen LogP contribution in [0.25, 0.3) is 0 Å². The van der Waals surface area contributed by atoms with Crippen molar-refractivity contribution in [3.63, 3.8) is 0 Å². The average Bonchev–Trinajstić information content (AvgIpc) is 1.88. The van der Waals surface area contributed by atoms with Gasteiger partial charge in [0.15, 0.2) is 6.67 Å². The van der Waals surface area contributed by atoms with Gasteiger partial charge in [0, 0.05) is 7.11 Å². The monoisotopic (exact) mass is 164 g/mol. The largest absolute Gasteiger partial charge is 0.421 e. The standard InChI is InChI=1S/C4H5F5O/c1-10-4(8,9)3(6,7)2-5/h2H2,1H3. The first-order valence-electron chi connectivity index (χ1n) is 2.24. The summed E-state index contributed by atoms with van der Waals surface area (Å²) in [7, 11) is 0.379. The highest BCUT2D eigenvalue weighted by Gasteiger charge is 2.57. The molecule has 62 valence electrons. The van der Waals surface area contributed by atoms with E-state index >= 15 is 0 Å². The van der Waals surface area contributed by atoms with E-state index in [1.165, 1.54) is 0 Å². The molecule has 0 aromatic heterocycles. The van der Waals surface area contributed by atoms with Crippen LogP contribution in [0.15, 0.2) is 0 Å². The topological polar surface area (TPSA) is 9.23 Å². The summed E-state index contributed by atoms with van der Waals surface area (Å²) in [6, 6.07) is 0. The molecule has 0 heterocycles. The Kier molecular flexibility index (Phi) is 2.59. The Morgan fingerprint density at radius 3 is 1.70 bits per heavy atom. The van der Waals surface area contributed by atoms with Gasteiger partial charge < -0.3 is 4.74 Å². The SMILES string of the molecule is COC(F)(F)C(F)(F)CF. The molecule has 0 aromatic rings. The Labute approximate surface area is 53.8 Å². The molecule has 0 unspecified atom stereocenters. The highest BCUT2D eigenvalue weighted by Crippen LogP contribution is 2.34. The third kappa shape index (κ3) is 1.56. The van der Waals surface area contributed by atoms with Crippen LogP contribution in [0.3, 0.4) is 0 Å². The third-order valence-corrected chi connectivity index (χ3v) is 0.850. The summed E-state index contributed by atoms with van der Waals surface area (Å²) in [6.45, 7) is -2.44. The van der Waals surface area contributed by atoms with Crippen molar-refractivity contribution in [3.05, 3.63) is 0 Å². The van der Waals surface area contributed by atoms with E-state index in [1.54, 1.807) is 0 Å². The number of hydrogen-bond acceptors (Lipinski definition) is 1. The Morgan fingerprint density at radius 1 is 1.20 bits per heavy atom. The average molecular weight is 164 g/mol. The van der Waals surface area contributed by atoms with Crippen LogP contribution in [0.4, 0.5) is 22.0 Å². The van der Waals surface area contributed by atoms with Crippen LogP contribution in [0.2, 0.25) is 0 Å². The lowest BCUT2D eigenvalue weighted by molar-refractivity contribution is -0.340. The summed E-state index contributed by atoms with van der Waals surface area (Å²) < 4.78 is 61.0. The molecule has 10 heavy (non-hydrogen) atoms. The van der Waals surface area contributed by atoms with Gasteiger partial charge in [-0.2, -0.15) is 17.6 Å². The lowest BCUT2D eigenvalue weighted by Gasteiger charge is -2.21. The van der Waals surface area contributed by atoms with Gasteiger partial charge in [0.1, 0.15) is 0 Å². The lowest BCUT2D eigenvalue weighted by atomic mass is 10.3. The van der Waals surface area contributed by atoms with E-state index in [2.05, 4.69) is 4.74 Å². The van der Waals surface area contributed by atoms with Gasteiger partial charge in [-0.15, -0.1) is 0 Å². The van der Waals surface area contributed by atoms with Crippen molar-refractivity contribution >= 4 is 0 Å². The van der Waals surface area contributed by atoms with Crippen molar-refractivity contribution in [1.29, 1.82) is 0 Å². The van der Waals surface area contributed by atoms with Crippen molar-refractivity contribution in [3.8, 4) is 0 Å².